The number of unbranched alkanes of at least 4 members (excludes halogenated alkanes) is 5. The Kier molecular flexibility index (Phi) is 8.28. The monoisotopic (exact) mass is 224 g/mol. The predicted molar refractivity (Wildman–Crippen MR) is 72.5 cm³/mol. The number of hydrogen-bond acceptors (Lipinski definition) is 1. The van der Waals surface area contributed by atoms with Gasteiger partial charge in [0.1, 0.15) is 0 Å². The van der Waals surface area contributed by atoms with E-state index in [0.717, 1.165) is 6.42 Å². The molecular formula is C15H28O. The van der Waals surface area contributed by atoms with Crippen molar-refractivity contribution in [1.82, 2.24) is 0 Å². The van der Waals surface area contributed by atoms with E-state index in [4.69, 9.17) is 0 Å². The van der Waals surface area contributed by atoms with Crippen molar-refractivity contribution < 1.29 is 5.11 Å². The summed E-state index contributed by atoms with van der Waals surface area (Å²) < 4.78 is 0. The van der Waals surface area contributed by atoms with Crippen LogP contribution in [0.5, 0.6) is 0 Å². The molecule has 0 bridgehead atoms. The van der Waals surface area contributed by atoms with Gasteiger partial charge in [-0.3, -0.25) is 0 Å². The van der Waals surface area contributed by atoms with Crippen molar-refractivity contribution in [2.45, 2.75) is 64.4 Å². The van der Waals surface area contributed by atoms with E-state index in [1.807, 2.05) is 13.0 Å². The molecule has 0 saturated carbocycles. The van der Waals surface area contributed by atoms with E-state index in [-0.39, 0.29) is 5.92 Å². The van der Waals surface area contributed by atoms with Crippen LogP contribution in [0.1, 0.15) is 58.8 Å². The summed E-state index contributed by atoms with van der Waals surface area (Å²) in [5, 5.41) is 10.0. The fraction of sp³-hybridized carbons (Fsp3) is 0.733. The Labute approximate surface area is 101 Å². The molecule has 0 aliphatic rings. The molecule has 0 saturated heterocycles. The highest BCUT2D eigenvalue weighted by molar-refractivity contribution is 5.03. The molecule has 1 heteroatoms. The minimum Gasteiger partial charge on any atom is -0.385 e. The molecular weight excluding hydrogens is 196 g/mol. The summed E-state index contributed by atoms with van der Waals surface area (Å²) in [6, 6.07) is 0. The van der Waals surface area contributed by atoms with Gasteiger partial charge in [-0.2, -0.15) is 0 Å². The molecule has 0 radical (unpaired) electrons. The van der Waals surface area contributed by atoms with Gasteiger partial charge in [-0.1, -0.05) is 57.6 Å². The largest absolute Gasteiger partial charge is 0.385 e. The minimum absolute atomic E-state index is 0.135. The van der Waals surface area contributed by atoms with Gasteiger partial charge in [0.15, 0.2) is 0 Å². The lowest BCUT2D eigenvalue weighted by atomic mass is 9.85. The molecule has 1 N–H and O–H groups in total. The zero-order valence-electron chi connectivity index (χ0n) is 11.0. The van der Waals surface area contributed by atoms with Crippen LogP contribution in [0.3, 0.4) is 0 Å². The third kappa shape index (κ3) is 6.12. The Morgan fingerprint density at radius 2 is 1.69 bits per heavy atom. The second-order valence-corrected chi connectivity index (χ2v) is 4.83. The molecule has 0 aliphatic carbocycles. The molecule has 2 atom stereocenters. The lowest BCUT2D eigenvalue weighted by Crippen LogP contribution is -2.30. The fourth-order valence-electron chi connectivity index (χ4n) is 1.94. The number of aliphatic hydroxyl groups is 1. The summed E-state index contributed by atoms with van der Waals surface area (Å²) in [6.07, 6.45) is 12.2. The molecule has 16 heavy (non-hydrogen) atoms. The number of rotatable bonds is 10. The van der Waals surface area contributed by atoms with Crippen LogP contribution in [-0.4, -0.2) is 10.7 Å². The summed E-state index contributed by atoms with van der Waals surface area (Å²) in [4.78, 5) is 0. The first-order valence-electron chi connectivity index (χ1n) is 6.57. The molecule has 0 aromatic heterocycles. The Morgan fingerprint density at radius 1 is 1.12 bits per heavy atom. The van der Waals surface area contributed by atoms with E-state index in [0.29, 0.717) is 0 Å². The topological polar surface area (TPSA) is 20.2 Å². The van der Waals surface area contributed by atoms with E-state index in [1.54, 1.807) is 6.08 Å². The third-order valence-electron chi connectivity index (χ3n) is 3.32. The van der Waals surface area contributed by atoms with Crippen molar-refractivity contribution in [3.05, 3.63) is 25.3 Å². The first-order valence-corrected chi connectivity index (χ1v) is 6.57. The highest BCUT2D eigenvalue weighted by atomic mass is 16.3. The molecule has 0 aromatic rings. The highest BCUT2D eigenvalue weighted by Gasteiger charge is 2.25. The van der Waals surface area contributed by atoms with Gasteiger partial charge in [0.2, 0.25) is 0 Å². The van der Waals surface area contributed by atoms with E-state index < -0.39 is 5.60 Å². The SMILES string of the molecule is C=CC(CCCCCCCC)C(C)(O)C=C. The normalized spacial score (nSPS) is 16.4. The van der Waals surface area contributed by atoms with Crippen molar-refractivity contribution >= 4 is 0 Å². The molecule has 0 amide bonds. The van der Waals surface area contributed by atoms with Crippen molar-refractivity contribution in [1.29, 1.82) is 0 Å². The minimum atomic E-state index is -0.800. The van der Waals surface area contributed by atoms with Crippen molar-refractivity contribution in [2.24, 2.45) is 5.92 Å². The quantitative estimate of drug-likeness (QED) is 0.428. The van der Waals surface area contributed by atoms with E-state index in [2.05, 4.69) is 20.1 Å². The first-order chi connectivity index (χ1) is 7.58. The van der Waals surface area contributed by atoms with E-state index in [1.165, 1.54) is 38.5 Å². The van der Waals surface area contributed by atoms with Crippen LogP contribution in [-0.2, 0) is 0 Å². The Hall–Kier alpha value is -0.560. The Balaban J connectivity index is 3.72. The summed E-state index contributed by atoms with van der Waals surface area (Å²) in [5.41, 5.74) is -0.800. The van der Waals surface area contributed by atoms with Gasteiger partial charge in [0.25, 0.3) is 0 Å². The van der Waals surface area contributed by atoms with Crippen LogP contribution in [0.25, 0.3) is 0 Å². The van der Waals surface area contributed by atoms with Gasteiger partial charge in [-0.05, 0) is 13.3 Å². The van der Waals surface area contributed by atoms with Gasteiger partial charge >= 0.3 is 0 Å². The summed E-state index contributed by atoms with van der Waals surface area (Å²) >= 11 is 0. The van der Waals surface area contributed by atoms with Gasteiger partial charge < -0.3 is 5.11 Å². The maximum atomic E-state index is 10.0. The second-order valence-electron chi connectivity index (χ2n) is 4.83. The zero-order valence-corrected chi connectivity index (χ0v) is 11.0. The van der Waals surface area contributed by atoms with Crippen LogP contribution in [0.15, 0.2) is 25.3 Å². The zero-order chi connectivity index (χ0) is 12.4. The molecule has 2 unspecified atom stereocenters. The molecule has 0 aliphatic heterocycles. The summed E-state index contributed by atoms with van der Waals surface area (Å²) in [5.74, 6) is 0.135. The van der Waals surface area contributed by atoms with Gasteiger partial charge in [0, 0.05) is 5.92 Å². The molecule has 0 heterocycles. The van der Waals surface area contributed by atoms with Crippen LogP contribution in [0.4, 0.5) is 0 Å². The van der Waals surface area contributed by atoms with E-state index in [9.17, 15) is 5.11 Å². The lowest BCUT2D eigenvalue weighted by molar-refractivity contribution is 0.0626. The molecule has 94 valence electrons. The lowest BCUT2D eigenvalue weighted by Gasteiger charge is -2.27. The average Bonchev–Trinajstić information content (AvgIpc) is 2.28. The predicted octanol–water partition coefficient (Wildman–Crippen LogP) is 4.48. The number of hydrogen-bond donors (Lipinski definition) is 1. The maximum absolute atomic E-state index is 10.0. The summed E-state index contributed by atoms with van der Waals surface area (Å²) in [6.45, 7) is 11.5. The molecule has 1 nitrogen and oxygen atoms in total. The maximum Gasteiger partial charge on any atom is 0.0859 e. The second kappa shape index (κ2) is 8.58. The van der Waals surface area contributed by atoms with Crippen LogP contribution >= 0.6 is 0 Å². The Morgan fingerprint density at radius 3 is 2.19 bits per heavy atom. The first kappa shape index (κ1) is 15.4. The smallest absolute Gasteiger partial charge is 0.0859 e. The van der Waals surface area contributed by atoms with Crippen molar-refractivity contribution in [3.8, 4) is 0 Å². The van der Waals surface area contributed by atoms with Gasteiger partial charge in [-0.15, -0.1) is 13.2 Å². The van der Waals surface area contributed by atoms with Gasteiger partial charge in [-0.25, -0.2) is 0 Å². The molecule has 0 aromatic carbocycles. The fourth-order valence-corrected chi connectivity index (χ4v) is 1.94. The van der Waals surface area contributed by atoms with Crippen molar-refractivity contribution in [3.63, 3.8) is 0 Å². The van der Waals surface area contributed by atoms with Crippen LogP contribution < -0.4 is 0 Å². The average molecular weight is 224 g/mol. The molecule has 0 fully saturated rings. The Bertz CT molecular complexity index is 194. The standard InChI is InChI=1S/C15H28O/c1-5-8-9-10-11-12-13-14(6-2)15(4,16)7-3/h6-7,14,16H,2-3,5,8-13H2,1,4H3. The summed E-state index contributed by atoms with van der Waals surface area (Å²) in [7, 11) is 0. The highest BCUT2D eigenvalue weighted by Crippen LogP contribution is 2.25. The van der Waals surface area contributed by atoms with Crippen LogP contribution in [0.2, 0.25) is 0 Å². The van der Waals surface area contributed by atoms with Crippen molar-refractivity contribution in [2.75, 3.05) is 0 Å². The van der Waals surface area contributed by atoms with Crippen LogP contribution in [0, 0.1) is 5.92 Å². The third-order valence-corrected chi connectivity index (χ3v) is 3.32. The molecule has 0 rings (SSSR count). The van der Waals surface area contributed by atoms with E-state index >= 15 is 0 Å². The molecule has 0 spiro atoms. The van der Waals surface area contributed by atoms with Gasteiger partial charge in [0.05, 0.1) is 5.60 Å².